The number of urea groups is 1. The van der Waals surface area contributed by atoms with Crippen molar-refractivity contribution in [2.24, 2.45) is 0 Å². The zero-order valence-electron chi connectivity index (χ0n) is 18.5. The summed E-state index contributed by atoms with van der Waals surface area (Å²) in [5, 5.41) is 11.7. The number of rotatable bonds is 2. The summed E-state index contributed by atoms with van der Waals surface area (Å²) in [7, 11) is -1.26. The lowest BCUT2D eigenvalue weighted by atomic mass is 9.78. The van der Waals surface area contributed by atoms with Gasteiger partial charge in [0.1, 0.15) is 5.75 Å². The van der Waals surface area contributed by atoms with E-state index in [1.165, 1.54) is 14.2 Å². The van der Waals surface area contributed by atoms with Crippen LogP contribution >= 0.6 is 0 Å². The van der Waals surface area contributed by atoms with Crippen LogP contribution in [-0.4, -0.2) is 49.6 Å². The van der Waals surface area contributed by atoms with E-state index in [9.17, 15) is 18.3 Å². The van der Waals surface area contributed by atoms with Crippen molar-refractivity contribution in [3.8, 4) is 5.75 Å². The summed E-state index contributed by atoms with van der Waals surface area (Å²) in [5.74, 6) is 0.236. The Bertz CT molecular complexity index is 902. The Balaban J connectivity index is 2.59. The molecule has 162 valence electrons. The molecule has 0 bridgehead atoms. The molecule has 0 atom stereocenters. The van der Waals surface area contributed by atoms with Crippen molar-refractivity contribution in [2.75, 3.05) is 20.7 Å². The number of hydroxylamine groups is 2. The molecule has 2 amide bonds. The number of carbonyl (C=O) groups excluding carboxylic acids is 1. The maximum absolute atomic E-state index is 12.9. The second-order valence-corrected chi connectivity index (χ2v) is 11.3. The van der Waals surface area contributed by atoms with Crippen molar-refractivity contribution in [1.29, 1.82) is 0 Å². The summed E-state index contributed by atoms with van der Waals surface area (Å²) in [6, 6.07) is 2.91. The van der Waals surface area contributed by atoms with E-state index < -0.39 is 16.1 Å². The molecule has 29 heavy (non-hydrogen) atoms. The van der Waals surface area contributed by atoms with Crippen LogP contribution in [0.4, 0.5) is 4.79 Å². The van der Waals surface area contributed by atoms with Gasteiger partial charge in [0.25, 0.3) is 10.0 Å². The van der Waals surface area contributed by atoms with Gasteiger partial charge in [-0.1, -0.05) is 41.5 Å². The van der Waals surface area contributed by atoms with E-state index >= 15 is 0 Å². The van der Waals surface area contributed by atoms with Crippen LogP contribution in [0, 0.1) is 0 Å². The number of hydrogen-bond acceptors (Lipinski definition) is 5. The van der Waals surface area contributed by atoms with Gasteiger partial charge in [0.15, 0.2) is 0 Å². The predicted octanol–water partition coefficient (Wildman–Crippen LogP) is 3.98. The molecule has 1 heterocycles. The number of amides is 2. The first kappa shape index (κ1) is 23.2. The van der Waals surface area contributed by atoms with Gasteiger partial charge < -0.3 is 5.11 Å². The number of hydrogen-bond donors (Lipinski definition) is 1. The zero-order valence-corrected chi connectivity index (χ0v) is 19.3. The van der Waals surface area contributed by atoms with E-state index in [0.29, 0.717) is 5.56 Å². The number of carbonyl (C=O) groups is 1. The highest BCUT2D eigenvalue weighted by molar-refractivity contribution is 7.94. The molecule has 0 saturated carbocycles. The fourth-order valence-corrected chi connectivity index (χ4v) is 4.82. The number of nitrogens with zero attached hydrogens (tertiary/aromatic N) is 2. The van der Waals surface area contributed by atoms with Gasteiger partial charge in [-0.3, -0.25) is 4.84 Å². The van der Waals surface area contributed by atoms with E-state index in [0.717, 1.165) is 20.5 Å². The molecule has 1 fully saturated rings. The van der Waals surface area contributed by atoms with Crippen molar-refractivity contribution in [3.05, 3.63) is 33.7 Å². The van der Waals surface area contributed by atoms with Gasteiger partial charge in [-0.25, -0.2) is 22.6 Å². The lowest BCUT2D eigenvalue weighted by Crippen LogP contribution is -2.41. The minimum absolute atomic E-state index is 0.0665. The highest BCUT2D eigenvalue weighted by atomic mass is 32.2. The first-order valence-electron chi connectivity index (χ1n) is 9.53. The van der Waals surface area contributed by atoms with Crippen LogP contribution in [0.25, 0.3) is 6.08 Å². The fraction of sp³-hybridized carbons (Fsp3) is 0.571. The molecule has 1 N–H and O–H groups in total. The molecule has 0 radical (unpaired) electrons. The van der Waals surface area contributed by atoms with Gasteiger partial charge in [-0.05, 0) is 34.6 Å². The Morgan fingerprint density at radius 1 is 1.14 bits per heavy atom. The molecular formula is C21H32N2O5S. The van der Waals surface area contributed by atoms with Gasteiger partial charge in [-0.15, -0.1) is 0 Å². The van der Waals surface area contributed by atoms with E-state index in [1.54, 1.807) is 6.08 Å². The Morgan fingerprint density at radius 2 is 1.62 bits per heavy atom. The van der Waals surface area contributed by atoms with Crippen LogP contribution in [-0.2, 0) is 25.7 Å². The topological polar surface area (TPSA) is 87.2 Å². The first-order chi connectivity index (χ1) is 13.1. The molecule has 1 aromatic carbocycles. The molecule has 0 unspecified atom stereocenters. The number of phenolic OH excluding ortho intramolecular Hbond substituents is 1. The van der Waals surface area contributed by atoms with Gasteiger partial charge in [-0.2, -0.15) is 0 Å². The quantitative estimate of drug-likeness (QED) is 0.726. The minimum Gasteiger partial charge on any atom is -0.507 e. The summed E-state index contributed by atoms with van der Waals surface area (Å²) in [4.78, 5) is 17.3. The SMILES string of the molecule is CON(C)C(=O)N1CC/C(=C\c2cc(C(C)(C)C)c(O)c(C(C)(C)C)c2)S1(=O)=O. The van der Waals surface area contributed by atoms with Crippen LogP contribution in [0.15, 0.2) is 17.0 Å². The van der Waals surface area contributed by atoms with E-state index in [4.69, 9.17) is 4.84 Å². The summed E-state index contributed by atoms with van der Waals surface area (Å²) in [5.41, 5.74) is 1.54. The molecule has 0 aromatic heterocycles. The number of sulfonamides is 1. The molecule has 0 aliphatic carbocycles. The van der Waals surface area contributed by atoms with E-state index in [-0.39, 0.29) is 34.5 Å². The Morgan fingerprint density at radius 3 is 2.03 bits per heavy atom. The zero-order chi connectivity index (χ0) is 22.4. The molecule has 8 heteroatoms. The standard InChI is InChI=1S/C21H32N2O5S/c1-20(2,3)16-12-14(13-17(18(16)24)21(4,5)6)11-15-9-10-23(29(15,26)27)19(25)22(7)28-8/h11-13,24H,9-10H2,1-8H3/b15-11+. The van der Waals surface area contributed by atoms with Crippen molar-refractivity contribution in [1.82, 2.24) is 9.37 Å². The van der Waals surface area contributed by atoms with Crippen molar-refractivity contribution < 1.29 is 23.2 Å². The monoisotopic (exact) mass is 424 g/mol. The third kappa shape index (κ3) is 4.59. The van der Waals surface area contributed by atoms with Crippen molar-refractivity contribution >= 4 is 22.1 Å². The van der Waals surface area contributed by atoms with Crippen molar-refractivity contribution in [3.63, 3.8) is 0 Å². The third-order valence-corrected chi connectivity index (χ3v) is 6.92. The number of phenols is 1. The maximum atomic E-state index is 12.9. The molecule has 1 aliphatic heterocycles. The average molecular weight is 425 g/mol. The highest BCUT2D eigenvalue weighted by Gasteiger charge is 2.39. The van der Waals surface area contributed by atoms with Gasteiger partial charge in [0.05, 0.1) is 12.0 Å². The molecule has 1 aromatic rings. The van der Waals surface area contributed by atoms with Crippen LogP contribution in [0.2, 0.25) is 0 Å². The lowest BCUT2D eigenvalue weighted by molar-refractivity contribution is -0.0701. The minimum atomic E-state index is -3.93. The summed E-state index contributed by atoms with van der Waals surface area (Å²) in [6.07, 6.45) is 1.82. The van der Waals surface area contributed by atoms with Crippen LogP contribution in [0.1, 0.15) is 64.7 Å². The summed E-state index contributed by atoms with van der Waals surface area (Å²) < 4.78 is 26.6. The second kappa shape index (κ2) is 7.65. The Hall–Kier alpha value is -2.06. The highest BCUT2D eigenvalue weighted by Crippen LogP contribution is 2.40. The summed E-state index contributed by atoms with van der Waals surface area (Å²) >= 11 is 0. The third-order valence-electron chi connectivity index (χ3n) is 5.02. The maximum Gasteiger partial charge on any atom is 0.357 e. The molecule has 7 nitrogen and oxygen atoms in total. The van der Waals surface area contributed by atoms with E-state index in [2.05, 4.69) is 0 Å². The first-order valence-corrected chi connectivity index (χ1v) is 11.0. The van der Waals surface area contributed by atoms with Gasteiger partial charge >= 0.3 is 6.03 Å². The van der Waals surface area contributed by atoms with Crippen LogP contribution in [0.3, 0.4) is 0 Å². The van der Waals surface area contributed by atoms with Crippen molar-refractivity contribution in [2.45, 2.75) is 58.8 Å². The molecule has 1 aliphatic rings. The second-order valence-electron chi connectivity index (χ2n) is 9.37. The Kier molecular flexibility index (Phi) is 6.12. The Labute approximate surface area is 174 Å². The fourth-order valence-electron chi connectivity index (χ4n) is 3.25. The molecular weight excluding hydrogens is 392 g/mol. The molecule has 0 spiro atoms. The normalized spacial score (nSPS) is 18.3. The lowest BCUT2D eigenvalue weighted by Gasteiger charge is -2.28. The largest absolute Gasteiger partial charge is 0.507 e. The van der Waals surface area contributed by atoms with Crippen LogP contribution < -0.4 is 0 Å². The smallest absolute Gasteiger partial charge is 0.357 e. The van der Waals surface area contributed by atoms with Crippen LogP contribution in [0.5, 0.6) is 5.75 Å². The predicted molar refractivity (Wildman–Crippen MR) is 114 cm³/mol. The average Bonchev–Trinajstić information content (AvgIpc) is 2.87. The van der Waals surface area contributed by atoms with Gasteiger partial charge in [0.2, 0.25) is 0 Å². The summed E-state index contributed by atoms with van der Waals surface area (Å²) in [6.45, 7) is 12.1. The van der Waals surface area contributed by atoms with E-state index in [1.807, 2.05) is 53.7 Å². The number of benzene rings is 1. The number of aromatic hydroxyl groups is 1. The molecule has 1 saturated heterocycles. The molecule has 2 rings (SSSR count). The van der Waals surface area contributed by atoms with Gasteiger partial charge in [0, 0.05) is 31.1 Å².